The van der Waals surface area contributed by atoms with E-state index in [1.165, 1.54) is 25.7 Å². The van der Waals surface area contributed by atoms with Crippen LogP contribution in [0.5, 0.6) is 0 Å². The first-order valence-electron chi connectivity index (χ1n) is 7.55. The van der Waals surface area contributed by atoms with E-state index in [1.54, 1.807) is 12.1 Å². The van der Waals surface area contributed by atoms with Gasteiger partial charge in [-0.2, -0.15) is 0 Å². The summed E-state index contributed by atoms with van der Waals surface area (Å²) in [6.07, 6.45) is 6.11. The Kier molecular flexibility index (Phi) is 7.07. The molecule has 0 aliphatic carbocycles. The molecule has 2 atom stereocenters. The van der Waals surface area contributed by atoms with Gasteiger partial charge in [-0.05, 0) is 49.6 Å². The molecular formula is C17H28FN. The largest absolute Gasteiger partial charge is 0.313 e. The molecule has 0 aliphatic heterocycles. The first-order valence-corrected chi connectivity index (χ1v) is 7.55. The first-order chi connectivity index (χ1) is 9.10. The van der Waals surface area contributed by atoms with Gasteiger partial charge in [0.2, 0.25) is 0 Å². The van der Waals surface area contributed by atoms with Gasteiger partial charge in [0.25, 0.3) is 0 Å². The molecule has 0 saturated heterocycles. The molecule has 0 aromatic heterocycles. The van der Waals surface area contributed by atoms with Crippen LogP contribution in [-0.2, 0) is 0 Å². The van der Waals surface area contributed by atoms with E-state index >= 15 is 0 Å². The number of rotatable bonds is 8. The van der Waals surface area contributed by atoms with Crippen molar-refractivity contribution in [3.05, 3.63) is 35.1 Å². The molecule has 1 N–H and O–H groups in total. The summed E-state index contributed by atoms with van der Waals surface area (Å²) < 4.78 is 13.5. The maximum absolute atomic E-state index is 13.5. The minimum Gasteiger partial charge on any atom is -0.313 e. The second-order valence-corrected chi connectivity index (χ2v) is 5.56. The van der Waals surface area contributed by atoms with Crippen molar-refractivity contribution >= 4 is 0 Å². The molecular weight excluding hydrogens is 237 g/mol. The van der Waals surface area contributed by atoms with Crippen molar-refractivity contribution in [3.8, 4) is 0 Å². The van der Waals surface area contributed by atoms with Crippen LogP contribution in [-0.4, -0.2) is 7.05 Å². The highest BCUT2D eigenvalue weighted by Crippen LogP contribution is 2.27. The van der Waals surface area contributed by atoms with Crippen LogP contribution in [0, 0.1) is 18.7 Å². The van der Waals surface area contributed by atoms with Gasteiger partial charge in [-0.15, -0.1) is 0 Å². The van der Waals surface area contributed by atoms with Crippen LogP contribution in [0.3, 0.4) is 0 Å². The van der Waals surface area contributed by atoms with Gasteiger partial charge < -0.3 is 5.32 Å². The highest BCUT2D eigenvalue weighted by molar-refractivity contribution is 5.26. The average molecular weight is 265 g/mol. The summed E-state index contributed by atoms with van der Waals surface area (Å²) in [5.74, 6) is 0.595. The van der Waals surface area contributed by atoms with E-state index in [2.05, 4.69) is 25.2 Å². The molecule has 2 heteroatoms. The summed E-state index contributed by atoms with van der Waals surface area (Å²) in [5.41, 5.74) is 2.08. The normalized spacial score (nSPS) is 14.4. The SMILES string of the molecule is CCCCC(CC)CC(NC)c1cc(C)cc(F)c1. The second-order valence-electron chi connectivity index (χ2n) is 5.56. The van der Waals surface area contributed by atoms with Crippen molar-refractivity contribution in [2.75, 3.05) is 7.05 Å². The summed E-state index contributed by atoms with van der Waals surface area (Å²) in [6.45, 7) is 6.44. The summed E-state index contributed by atoms with van der Waals surface area (Å²) in [5, 5.41) is 3.35. The third-order valence-electron chi connectivity index (χ3n) is 3.93. The van der Waals surface area contributed by atoms with Crippen LogP contribution >= 0.6 is 0 Å². The number of nitrogens with one attached hydrogen (secondary N) is 1. The Morgan fingerprint density at radius 2 is 1.95 bits per heavy atom. The van der Waals surface area contributed by atoms with Gasteiger partial charge in [0.15, 0.2) is 0 Å². The first kappa shape index (κ1) is 16.2. The van der Waals surface area contributed by atoms with E-state index in [0.29, 0.717) is 0 Å². The van der Waals surface area contributed by atoms with Gasteiger partial charge in [-0.25, -0.2) is 4.39 Å². The van der Waals surface area contributed by atoms with Crippen LogP contribution in [0.1, 0.15) is 63.1 Å². The van der Waals surface area contributed by atoms with Gasteiger partial charge in [0.1, 0.15) is 5.82 Å². The number of benzene rings is 1. The lowest BCUT2D eigenvalue weighted by Crippen LogP contribution is -2.20. The third kappa shape index (κ3) is 5.32. The van der Waals surface area contributed by atoms with Crippen LogP contribution in [0.2, 0.25) is 0 Å². The minimum atomic E-state index is -0.128. The Morgan fingerprint density at radius 1 is 1.21 bits per heavy atom. The molecule has 0 fully saturated rings. The van der Waals surface area contributed by atoms with E-state index in [-0.39, 0.29) is 11.9 Å². The molecule has 0 amide bonds. The Labute approximate surface area is 117 Å². The molecule has 1 nitrogen and oxygen atoms in total. The van der Waals surface area contributed by atoms with Crippen molar-refractivity contribution in [2.45, 2.75) is 58.9 Å². The molecule has 2 unspecified atom stereocenters. The fourth-order valence-corrected chi connectivity index (χ4v) is 2.70. The van der Waals surface area contributed by atoms with Gasteiger partial charge in [0.05, 0.1) is 0 Å². The predicted octanol–water partition coefficient (Wildman–Crippen LogP) is 5.00. The quantitative estimate of drug-likeness (QED) is 0.697. The molecule has 19 heavy (non-hydrogen) atoms. The molecule has 0 bridgehead atoms. The standard InChI is InChI=1S/C17H28FN/c1-5-7-8-14(6-2)11-17(19-4)15-9-13(3)10-16(18)12-15/h9-10,12,14,17,19H,5-8,11H2,1-4H3. The Balaban J connectivity index is 2.75. The molecule has 108 valence electrons. The van der Waals surface area contributed by atoms with Gasteiger partial charge in [-0.1, -0.05) is 45.6 Å². The molecule has 1 rings (SSSR count). The van der Waals surface area contributed by atoms with Crippen molar-refractivity contribution < 1.29 is 4.39 Å². The number of hydrogen-bond donors (Lipinski definition) is 1. The van der Waals surface area contributed by atoms with Crippen molar-refractivity contribution in [1.29, 1.82) is 0 Å². The number of unbranched alkanes of at least 4 members (excludes halogenated alkanes) is 1. The Hall–Kier alpha value is -0.890. The zero-order valence-electron chi connectivity index (χ0n) is 12.8. The lowest BCUT2D eigenvalue weighted by atomic mass is 9.89. The maximum atomic E-state index is 13.5. The van der Waals surface area contributed by atoms with E-state index in [9.17, 15) is 4.39 Å². The zero-order chi connectivity index (χ0) is 14.3. The van der Waals surface area contributed by atoms with Gasteiger partial charge >= 0.3 is 0 Å². The highest BCUT2D eigenvalue weighted by Gasteiger charge is 2.16. The topological polar surface area (TPSA) is 12.0 Å². The molecule has 0 aliphatic rings. The number of aryl methyl sites for hydroxylation is 1. The number of hydrogen-bond acceptors (Lipinski definition) is 1. The minimum absolute atomic E-state index is 0.128. The molecule has 1 aromatic carbocycles. The van der Waals surface area contributed by atoms with Gasteiger partial charge in [0, 0.05) is 6.04 Å². The Bertz CT molecular complexity index is 355. The molecule has 0 heterocycles. The van der Waals surface area contributed by atoms with Gasteiger partial charge in [-0.3, -0.25) is 0 Å². The van der Waals surface area contributed by atoms with Crippen LogP contribution in [0.15, 0.2) is 18.2 Å². The smallest absolute Gasteiger partial charge is 0.123 e. The maximum Gasteiger partial charge on any atom is 0.123 e. The lowest BCUT2D eigenvalue weighted by Gasteiger charge is -2.23. The van der Waals surface area contributed by atoms with E-state index in [1.807, 2.05) is 14.0 Å². The van der Waals surface area contributed by atoms with Crippen LogP contribution in [0.4, 0.5) is 4.39 Å². The third-order valence-corrected chi connectivity index (χ3v) is 3.93. The van der Waals surface area contributed by atoms with Crippen molar-refractivity contribution in [1.82, 2.24) is 5.32 Å². The van der Waals surface area contributed by atoms with Crippen molar-refractivity contribution in [3.63, 3.8) is 0 Å². The average Bonchev–Trinajstić information content (AvgIpc) is 2.38. The number of halogens is 1. The van der Waals surface area contributed by atoms with E-state index in [0.717, 1.165) is 23.5 Å². The highest BCUT2D eigenvalue weighted by atomic mass is 19.1. The van der Waals surface area contributed by atoms with E-state index < -0.39 is 0 Å². The zero-order valence-corrected chi connectivity index (χ0v) is 12.8. The monoisotopic (exact) mass is 265 g/mol. The lowest BCUT2D eigenvalue weighted by molar-refractivity contribution is 0.364. The predicted molar refractivity (Wildman–Crippen MR) is 80.9 cm³/mol. The molecule has 0 saturated carbocycles. The molecule has 0 radical (unpaired) electrons. The summed E-state index contributed by atoms with van der Waals surface area (Å²) in [4.78, 5) is 0. The Morgan fingerprint density at radius 3 is 2.47 bits per heavy atom. The fourth-order valence-electron chi connectivity index (χ4n) is 2.70. The van der Waals surface area contributed by atoms with Crippen molar-refractivity contribution in [2.24, 2.45) is 5.92 Å². The summed E-state index contributed by atoms with van der Waals surface area (Å²) in [6, 6.07) is 5.61. The summed E-state index contributed by atoms with van der Waals surface area (Å²) >= 11 is 0. The van der Waals surface area contributed by atoms with Crippen LogP contribution < -0.4 is 5.32 Å². The van der Waals surface area contributed by atoms with E-state index in [4.69, 9.17) is 0 Å². The van der Waals surface area contributed by atoms with Crippen LogP contribution in [0.25, 0.3) is 0 Å². The molecule has 1 aromatic rings. The second kappa shape index (κ2) is 8.31. The fraction of sp³-hybridized carbons (Fsp3) is 0.647. The molecule has 0 spiro atoms. The summed E-state index contributed by atoms with van der Waals surface area (Å²) in [7, 11) is 1.97.